The molecule has 2 aromatic rings. The number of aromatic nitrogens is 2. The molecule has 2 aromatic heterocycles. The molecular formula is C13H17N3. The van der Waals surface area contributed by atoms with Crippen LogP contribution in [-0.2, 0) is 0 Å². The first-order valence-corrected chi connectivity index (χ1v) is 6.12. The van der Waals surface area contributed by atoms with Gasteiger partial charge >= 0.3 is 0 Å². The number of fused-ring (bicyclic) bond motifs is 1. The van der Waals surface area contributed by atoms with Crippen LogP contribution in [0.5, 0.6) is 0 Å². The van der Waals surface area contributed by atoms with Crippen LogP contribution in [0.25, 0.3) is 11.0 Å². The molecule has 3 nitrogen and oxygen atoms in total. The van der Waals surface area contributed by atoms with Crippen molar-refractivity contribution in [2.24, 2.45) is 0 Å². The number of aromatic amines is 1. The summed E-state index contributed by atoms with van der Waals surface area (Å²) in [4.78, 5) is 7.45. The van der Waals surface area contributed by atoms with Crippen LogP contribution in [0.1, 0.15) is 32.1 Å². The van der Waals surface area contributed by atoms with Crippen molar-refractivity contribution in [3.05, 3.63) is 24.5 Å². The SMILES string of the molecule is c1cc(NC2CCCCC2)c2cc[nH]c2n1. The van der Waals surface area contributed by atoms with E-state index in [2.05, 4.69) is 27.4 Å². The predicted molar refractivity (Wildman–Crippen MR) is 66.6 cm³/mol. The molecule has 84 valence electrons. The van der Waals surface area contributed by atoms with E-state index in [-0.39, 0.29) is 0 Å². The molecule has 1 aliphatic carbocycles. The van der Waals surface area contributed by atoms with E-state index in [1.807, 2.05) is 12.4 Å². The quantitative estimate of drug-likeness (QED) is 0.807. The number of rotatable bonds is 2. The molecule has 0 radical (unpaired) electrons. The molecule has 0 aliphatic heterocycles. The summed E-state index contributed by atoms with van der Waals surface area (Å²) in [7, 11) is 0. The van der Waals surface area contributed by atoms with Crippen LogP contribution in [-0.4, -0.2) is 16.0 Å². The molecule has 0 bridgehead atoms. The zero-order chi connectivity index (χ0) is 10.8. The third-order valence-corrected chi connectivity index (χ3v) is 3.42. The molecule has 2 N–H and O–H groups in total. The molecule has 3 rings (SSSR count). The number of anilines is 1. The molecule has 0 saturated heterocycles. The van der Waals surface area contributed by atoms with Gasteiger partial charge in [-0.1, -0.05) is 19.3 Å². The number of nitrogens with zero attached hydrogens (tertiary/aromatic N) is 1. The van der Waals surface area contributed by atoms with Crippen molar-refractivity contribution in [1.82, 2.24) is 9.97 Å². The Bertz CT molecular complexity index is 469. The maximum atomic E-state index is 4.30. The molecular weight excluding hydrogens is 198 g/mol. The van der Waals surface area contributed by atoms with E-state index in [1.54, 1.807) is 0 Å². The normalized spacial score (nSPS) is 17.8. The van der Waals surface area contributed by atoms with Crippen LogP contribution in [0.3, 0.4) is 0 Å². The summed E-state index contributed by atoms with van der Waals surface area (Å²) in [5.74, 6) is 0. The zero-order valence-electron chi connectivity index (χ0n) is 9.37. The van der Waals surface area contributed by atoms with Crippen LogP contribution in [0.4, 0.5) is 5.69 Å². The third-order valence-electron chi connectivity index (χ3n) is 3.42. The summed E-state index contributed by atoms with van der Waals surface area (Å²) in [5, 5.41) is 4.85. The molecule has 0 unspecified atom stereocenters. The van der Waals surface area contributed by atoms with Gasteiger partial charge in [-0.15, -0.1) is 0 Å². The van der Waals surface area contributed by atoms with Gasteiger partial charge in [-0.2, -0.15) is 0 Å². The number of hydrogen-bond acceptors (Lipinski definition) is 2. The highest BCUT2D eigenvalue weighted by Crippen LogP contribution is 2.25. The summed E-state index contributed by atoms with van der Waals surface area (Å²) >= 11 is 0. The van der Waals surface area contributed by atoms with Gasteiger partial charge in [0.25, 0.3) is 0 Å². The van der Waals surface area contributed by atoms with Crippen molar-refractivity contribution in [3.8, 4) is 0 Å². The number of pyridine rings is 1. The van der Waals surface area contributed by atoms with Crippen molar-refractivity contribution >= 4 is 16.7 Å². The van der Waals surface area contributed by atoms with Crippen LogP contribution in [0.15, 0.2) is 24.5 Å². The lowest BCUT2D eigenvalue weighted by Crippen LogP contribution is -2.22. The van der Waals surface area contributed by atoms with Crippen molar-refractivity contribution in [3.63, 3.8) is 0 Å². The average molecular weight is 215 g/mol. The molecule has 1 aliphatic rings. The Morgan fingerprint density at radius 1 is 1.19 bits per heavy atom. The van der Waals surface area contributed by atoms with Crippen LogP contribution in [0.2, 0.25) is 0 Å². The number of nitrogens with one attached hydrogen (secondary N) is 2. The summed E-state index contributed by atoms with van der Waals surface area (Å²) in [6.07, 6.45) is 10.5. The van der Waals surface area contributed by atoms with E-state index < -0.39 is 0 Å². The van der Waals surface area contributed by atoms with Crippen LogP contribution in [0, 0.1) is 0 Å². The van der Waals surface area contributed by atoms with Crippen LogP contribution < -0.4 is 5.32 Å². The first-order valence-electron chi connectivity index (χ1n) is 6.12. The highest BCUT2D eigenvalue weighted by Gasteiger charge is 2.14. The van der Waals surface area contributed by atoms with E-state index in [9.17, 15) is 0 Å². The van der Waals surface area contributed by atoms with E-state index >= 15 is 0 Å². The van der Waals surface area contributed by atoms with Gasteiger partial charge in [0.1, 0.15) is 5.65 Å². The second-order valence-electron chi connectivity index (χ2n) is 4.58. The van der Waals surface area contributed by atoms with Gasteiger partial charge in [-0.05, 0) is 25.0 Å². The predicted octanol–water partition coefficient (Wildman–Crippen LogP) is 3.31. The Balaban J connectivity index is 1.85. The molecule has 3 heteroatoms. The molecule has 1 saturated carbocycles. The molecule has 2 heterocycles. The minimum atomic E-state index is 0.647. The summed E-state index contributed by atoms with van der Waals surface area (Å²) in [5.41, 5.74) is 2.19. The van der Waals surface area contributed by atoms with Crippen molar-refractivity contribution < 1.29 is 0 Å². The summed E-state index contributed by atoms with van der Waals surface area (Å²) in [6, 6.07) is 4.81. The Kier molecular flexibility index (Phi) is 2.52. The zero-order valence-corrected chi connectivity index (χ0v) is 9.37. The van der Waals surface area contributed by atoms with Gasteiger partial charge in [0.05, 0.1) is 0 Å². The summed E-state index contributed by atoms with van der Waals surface area (Å²) in [6.45, 7) is 0. The fourth-order valence-electron chi connectivity index (χ4n) is 2.55. The lowest BCUT2D eigenvalue weighted by molar-refractivity contribution is 0.463. The lowest BCUT2D eigenvalue weighted by Gasteiger charge is -2.24. The minimum absolute atomic E-state index is 0.647. The Morgan fingerprint density at radius 3 is 2.94 bits per heavy atom. The van der Waals surface area contributed by atoms with Crippen LogP contribution >= 0.6 is 0 Å². The van der Waals surface area contributed by atoms with E-state index in [0.29, 0.717) is 6.04 Å². The first-order chi connectivity index (χ1) is 7.93. The minimum Gasteiger partial charge on any atom is -0.382 e. The standard InChI is InChI=1S/C13H17N3/c1-2-4-10(5-3-1)16-12-7-9-15-13-11(12)6-8-14-13/h6-10H,1-5H2,(H2,14,15,16). The Hall–Kier alpha value is -1.51. The maximum Gasteiger partial charge on any atom is 0.139 e. The molecule has 0 atom stereocenters. The monoisotopic (exact) mass is 215 g/mol. The average Bonchev–Trinajstić information content (AvgIpc) is 2.80. The third kappa shape index (κ3) is 1.77. The molecule has 0 spiro atoms. The van der Waals surface area contributed by atoms with Crippen molar-refractivity contribution in [1.29, 1.82) is 0 Å². The largest absolute Gasteiger partial charge is 0.382 e. The van der Waals surface area contributed by atoms with E-state index in [4.69, 9.17) is 0 Å². The molecule has 0 aromatic carbocycles. The van der Waals surface area contributed by atoms with Gasteiger partial charge in [0.2, 0.25) is 0 Å². The fraction of sp³-hybridized carbons (Fsp3) is 0.462. The maximum absolute atomic E-state index is 4.30. The lowest BCUT2D eigenvalue weighted by atomic mass is 9.95. The van der Waals surface area contributed by atoms with Gasteiger partial charge < -0.3 is 10.3 Å². The van der Waals surface area contributed by atoms with Gasteiger partial charge in [-0.3, -0.25) is 0 Å². The highest BCUT2D eigenvalue weighted by molar-refractivity contribution is 5.89. The number of hydrogen-bond donors (Lipinski definition) is 2. The van der Waals surface area contributed by atoms with E-state index in [1.165, 1.54) is 43.2 Å². The Morgan fingerprint density at radius 2 is 2.06 bits per heavy atom. The number of H-pyrrole nitrogens is 1. The summed E-state index contributed by atoms with van der Waals surface area (Å²) < 4.78 is 0. The molecule has 1 fully saturated rings. The first kappa shape index (κ1) is 9.70. The smallest absolute Gasteiger partial charge is 0.139 e. The molecule has 0 amide bonds. The van der Waals surface area contributed by atoms with E-state index in [0.717, 1.165) is 5.65 Å². The van der Waals surface area contributed by atoms with Crippen molar-refractivity contribution in [2.75, 3.05) is 5.32 Å². The van der Waals surface area contributed by atoms with Gasteiger partial charge in [-0.25, -0.2) is 4.98 Å². The second kappa shape index (κ2) is 4.16. The molecule has 16 heavy (non-hydrogen) atoms. The van der Waals surface area contributed by atoms with Gasteiger partial charge in [0, 0.05) is 29.5 Å². The fourth-order valence-corrected chi connectivity index (χ4v) is 2.55. The van der Waals surface area contributed by atoms with Gasteiger partial charge in [0.15, 0.2) is 0 Å². The topological polar surface area (TPSA) is 40.7 Å². The second-order valence-corrected chi connectivity index (χ2v) is 4.58. The highest BCUT2D eigenvalue weighted by atomic mass is 14.9. The van der Waals surface area contributed by atoms with Crippen molar-refractivity contribution in [2.45, 2.75) is 38.1 Å². The Labute approximate surface area is 95.3 Å².